The predicted molar refractivity (Wildman–Crippen MR) is 96.4 cm³/mol. The third-order valence-corrected chi connectivity index (χ3v) is 4.80. The summed E-state index contributed by atoms with van der Waals surface area (Å²) in [7, 11) is 0. The predicted octanol–water partition coefficient (Wildman–Crippen LogP) is 2.22. The quantitative estimate of drug-likeness (QED) is 0.815. The van der Waals surface area contributed by atoms with Gasteiger partial charge in [0.15, 0.2) is 0 Å². The largest absolute Gasteiger partial charge is 0.387 e. The van der Waals surface area contributed by atoms with Crippen molar-refractivity contribution in [3.8, 4) is 12.3 Å². The summed E-state index contributed by atoms with van der Waals surface area (Å²) < 4.78 is 0. The maximum absolute atomic E-state index is 12.8. The van der Waals surface area contributed by atoms with Gasteiger partial charge in [-0.1, -0.05) is 35.7 Å². The number of nitrogens with zero attached hydrogens (tertiary/aromatic N) is 2. The Kier molecular flexibility index (Phi) is 6.84. The number of piperidine rings is 1. The van der Waals surface area contributed by atoms with Gasteiger partial charge in [0.25, 0.3) is 0 Å². The highest BCUT2D eigenvalue weighted by Crippen LogP contribution is 2.22. The minimum atomic E-state index is -0.643. The van der Waals surface area contributed by atoms with Crippen molar-refractivity contribution in [1.82, 2.24) is 9.80 Å². The Hall–Kier alpha value is -1.83. The maximum atomic E-state index is 12.8. The van der Waals surface area contributed by atoms with Crippen LogP contribution in [0, 0.1) is 25.2 Å². The van der Waals surface area contributed by atoms with Crippen molar-refractivity contribution < 1.29 is 9.90 Å². The number of carbonyl (C=O) groups is 1. The average Bonchev–Trinajstić information content (AvgIpc) is 2.60. The van der Waals surface area contributed by atoms with Crippen molar-refractivity contribution >= 4 is 5.91 Å². The van der Waals surface area contributed by atoms with Gasteiger partial charge in [-0.25, -0.2) is 0 Å². The van der Waals surface area contributed by atoms with Crippen LogP contribution in [0.3, 0.4) is 0 Å². The second kappa shape index (κ2) is 8.86. The summed E-state index contributed by atoms with van der Waals surface area (Å²) >= 11 is 0. The van der Waals surface area contributed by atoms with Crippen molar-refractivity contribution in [2.45, 2.75) is 32.8 Å². The molecule has 4 heteroatoms. The number of aliphatic hydroxyl groups excluding tert-OH is 1. The molecule has 0 aromatic heterocycles. The average molecular weight is 328 g/mol. The molecule has 1 aliphatic heterocycles. The van der Waals surface area contributed by atoms with Gasteiger partial charge >= 0.3 is 0 Å². The summed E-state index contributed by atoms with van der Waals surface area (Å²) in [5.41, 5.74) is 2.02. The fourth-order valence-corrected chi connectivity index (χ4v) is 3.20. The summed E-state index contributed by atoms with van der Waals surface area (Å²) in [6.07, 6.45) is 6.40. The highest BCUT2D eigenvalue weighted by Gasteiger charge is 2.28. The van der Waals surface area contributed by atoms with Gasteiger partial charge in [-0.15, -0.1) is 6.42 Å². The molecule has 1 atom stereocenters. The Labute approximate surface area is 145 Å². The van der Waals surface area contributed by atoms with Crippen LogP contribution in [0.25, 0.3) is 0 Å². The van der Waals surface area contributed by atoms with Gasteiger partial charge in [0, 0.05) is 12.5 Å². The van der Waals surface area contributed by atoms with Crippen LogP contribution in [-0.4, -0.2) is 53.5 Å². The summed E-state index contributed by atoms with van der Waals surface area (Å²) in [5.74, 6) is 2.86. The zero-order valence-electron chi connectivity index (χ0n) is 14.7. The molecule has 1 aromatic rings. The third kappa shape index (κ3) is 4.83. The molecule has 2 rings (SSSR count). The lowest BCUT2D eigenvalue weighted by molar-refractivity contribution is -0.138. The molecule has 1 aromatic carbocycles. The van der Waals surface area contributed by atoms with Crippen LogP contribution in [0.2, 0.25) is 0 Å². The first-order valence-electron chi connectivity index (χ1n) is 8.74. The summed E-state index contributed by atoms with van der Waals surface area (Å²) in [6.45, 7) is 7.36. The molecule has 1 heterocycles. The van der Waals surface area contributed by atoms with Gasteiger partial charge in [0.1, 0.15) is 0 Å². The lowest BCUT2D eigenvalue weighted by Crippen LogP contribution is -2.43. The standard InChI is InChI=1S/C20H28N2O2/c1-4-12-21-13-10-18(11-14-21)20(24)22(5-2)15-19(23)17-8-6-16(3)7-9-17/h1,6-9,18-19,23H,5,10-15H2,2-3H3. The first-order chi connectivity index (χ1) is 11.5. The van der Waals surface area contributed by atoms with Crippen LogP contribution in [0.4, 0.5) is 0 Å². The molecule has 1 amide bonds. The van der Waals surface area contributed by atoms with Gasteiger partial charge in [-0.3, -0.25) is 9.69 Å². The van der Waals surface area contributed by atoms with Crippen LogP contribution in [0.1, 0.15) is 37.0 Å². The Morgan fingerprint density at radius 1 is 1.38 bits per heavy atom. The summed E-state index contributed by atoms with van der Waals surface area (Å²) in [4.78, 5) is 16.8. The van der Waals surface area contributed by atoms with Crippen molar-refractivity contribution in [3.05, 3.63) is 35.4 Å². The molecular weight excluding hydrogens is 300 g/mol. The second-order valence-electron chi connectivity index (χ2n) is 6.56. The van der Waals surface area contributed by atoms with Crippen LogP contribution in [-0.2, 0) is 4.79 Å². The smallest absolute Gasteiger partial charge is 0.225 e. The zero-order valence-corrected chi connectivity index (χ0v) is 14.7. The van der Waals surface area contributed by atoms with Crippen LogP contribution < -0.4 is 0 Å². The number of terminal acetylenes is 1. The Morgan fingerprint density at radius 2 is 2.00 bits per heavy atom. The number of aliphatic hydroxyl groups is 1. The number of carbonyl (C=O) groups excluding carboxylic acids is 1. The zero-order chi connectivity index (χ0) is 17.5. The van der Waals surface area contributed by atoms with Crippen molar-refractivity contribution in [3.63, 3.8) is 0 Å². The number of aryl methyl sites for hydroxylation is 1. The molecule has 1 unspecified atom stereocenters. The van der Waals surface area contributed by atoms with Crippen molar-refractivity contribution in [2.75, 3.05) is 32.7 Å². The fourth-order valence-electron chi connectivity index (χ4n) is 3.20. The molecule has 1 aliphatic rings. The number of benzene rings is 1. The molecule has 0 radical (unpaired) electrons. The normalized spacial score (nSPS) is 17.2. The van der Waals surface area contributed by atoms with E-state index >= 15 is 0 Å². The second-order valence-corrected chi connectivity index (χ2v) is 6.56. The molecular formula is C20H28N2O2. The minimum Gasteiger partial charge on any atom is -0.387 e. The van der Waals surface area contributed by atoms with E-state index in [0.717, 1.165) is 37.1 Å². The Balaban J connectivity index is 1.92. The molecule has 1 N–H and O–H groups in total. The fraction of sp³-hybridized carbons (Fsp3) is 0.550. The van der Waals surface area contributed by atoms with E-state index in [1.807, 2.05) is 38.1 Å². The van der Waals surface area contributed by atoms with E-state index in [-0.39, 0.29) is 11.8 Å². The molecule has 1 fully saturated rings. The van der Waals surface area contributed by atoms with Crippen molar-refractivity contribution in [2.24, 2.45) is 5.92 Å². The van der Waals surface area contributed by atoms with Gasteiger partial charge in [-0.05, 0) is 45.3 Å². The highest BCUT2D eigenvalue weighted by atomic mass is 16.3. The maximum Gasteiger partial charge on any atom is 0.225 e. The van der Waals surface area contributed by atoms with E-state index in [1.165, 1.54) is 0 Å². The lowest BCUT2D eigenvalue weighted by atomic mass is 9.95. The monoisotopic (exact) mass is 328 g/mol. The van der Waals surface area contributed by atoms with E-state index in [9.17, 15) is 9.90 Å². The van der Waals surface area contributed by atoms with E-state index in [0.29, 0.717) is 19.6 Å². The van der Waals surface area contributed by atoms with Gasteiger partial charge in [-0.2, -0.15) is 0 Å². The molecule has 24 heavy (non-hydrogen) atoms. The van der Waals surface area contributed by atoms with Gasteiger partial charge in [0.05, 0.1) is 19.2 Å². The number of hydrogen-bond acceptors (Lipinski definition) is 3. The minimum absolute atomic E-state index is 0.0455. The Bertz CT molecular complexity index is 568. The SMILES string of the molecule is C#CCN1CCC(C(=O)N(CC)CC(O)c2ccc(C)cc2)CC1. The number of rotatable bonds is 6. The summed E-state index contributed by atoms with van der Waals surface area (Å²) in [5, 5.41) is 10.4. The molecule has 0 aliphatic carbocycles. The van der Waals surface area contributed by atoms with Gasteiger partial charge < -0.3 is 10.0 Å². The molecule has 0 spiro atoms. The molecule has 0 bridgehead atoms. The number of amides is 1. The number of likely N-dealkylation sites (N-methyl/N-ethyl adjacent to an activating group) is 1. The number of likely N-dealkylation sites (tertiary alicyclic amines) is 1. The van der Waals surface area contributed by atoms with E-state index in [2.05, 4.69) is 10.8 Å². The first kappa shape index (κ1) is 18.5. The molecule has 0 saturated carbocycles. The van der Waals surface area contributed by atoms with Gasteiger partial charge in [0.2, 0.25) is 5.91 Å². The van der Waals surface area contributed by atoms with Crippen LogP contribution >= 0.6 is 0 Å². The highest BCUT2D eigenvalue weighted by molar-refractivity contribution is 5.79. The third-order valence-electron chi connectivity index (χ3n) is 4.80. The first-order valence-corrected chi connectivity index (χ1v) is 8.74. The molecule has 130 valence electrons. The van der Waals surface area contributed by atoms with E-state index in [1.54, 1.807) is 4.90 Å². The molecule has 1 saturated heterocycles. The van der Waals surface area contributed by atoms with Crippen LogP contribution in [0.5, 0.6) is 0 Å². The Morgan fingerprint density at radius 3 is 2.54 bits per heavy atom. The summed E-state index contributed by atoms with van der Waals surface area (Å²) in [6, 6.07) is 7.82. The lowest BCUT2D eigenvalue weighted by Gasteiger charge is -2.33. The topological polar surface area (TPSA) is 43.8 Å². The van der Waals surface area contributed by atoms with Crippen molar-refractivity contribution in [1.29, 1.82) is 0 Å². The van der Waals surface area contributed by atoms with E-state index < -0.39 is 6.10 Å². The number of hydrogen-bond donors (Lipinski definition) is 1. The molecule has 4 nitrogen and oxygen atoms in total. The van der Waals surface area contributed by atoms with Crippen LogP contribution in [0.15, 0.2) is 24.3 Å². The van der Waals surface area contributed by atoms with E-state index in [4.69, 9.17) is 6.42 Å².